The Bertz CT molecular complexity index is 483. The van der Waals surface area contributed by atoms with Crippen molar-refractivity contribution in [3.8, 4) is 0 Å². The number of amides is 1. The Balaban J connectivity index is 1.73. The van der Waals surface area contributed by atoms with Gasteiger partial charge in [0, 0.05) is 17.6 Å². The van der Waals surface area contributed by atoms with Crippen molar-refractivity contribution in [2.45, 2.75) is 51.6 Å². The predicted octanol–water partition coefficient (Wildman–Crippen LogP) is 3.34. The van der Waals surface area contributed by atoms with Crippen LogP contribution in [0.4, 0.5) is 0 Å². The van der Waals surface area contributed by atoms with Gasteiger partial charge in [-0.2, -0.15) is 0 Å². The van der Waals surface area contributed by atoms with Crippen molar-refractivity contribution < 1.29 is 4.79 Å². The molecule has 0 aromatic heterocycles. The molecular weight excluding hydrogens is 284 g/mol. The number of carbonyl (C=O) groups is 1. The lowest BCUT2D eigenvalue weighted by Crippen LogP contribution is -2.51. The zero-order valence-corrected chi connectivity index (χ0v) is 13.8. The van der Waals surface area contributed by atoms with Gasteiger partial charge in [0.2, 0.25) is 5.91 Å². The monoisotopic (exact) mass is 308 g/mol. The highest BCUT2D eigenvalue weighted by Crippen LogP contribution is 2.37. The van der Waals surface area contributed by atoms with E-state index in [9.17, 15) is 4.79 Å². The molecule has 1 aromatic carbocycles. The van der Waals surface area contributed by atoms with E-state index in [4.69, 9.17) is 11.6 Å². The lowest BCUT2D eigenvalue weighted by Gasteiger charge is -2.38. The van der Waals surface area contributed by atoms with Gasteiger partial charge in [0.25, 0.3) is 0 Å². The van der Waals surface area contributed by atoms with Crippen LogP contribution in [0.5, 0.6) is 0 Å². The summed E-state index contributed by atoms with van der Waals surface area (Å²) >= 11 is 6.02. The Hall–Kier alpha value is -1.06. The molecule has 1 aromatic rings. The third-order valence-electron chi connectivity index (χ3n) is 4.02. The van der Waals surface area contributed by atoms with Gasteiger partial charge in [-0.1, -0.05) is 37.6 Å². The third-order valence-corrected chi connectivity index (χ3v) is 4.26. The van der Waals surface area contributed by atoms with E-state index in [1.807, 2.05) is 25.1 Å². The van der Waals surface area contributed by atoms with Crippen LogP contribution in [-0.2, 0) is 4.79 Å². The lowest BCUT2D eigenvalue weighted by molar-refractivity contribution is -0.123. The van der Waals surface area contributed by atoms with Gasteiger partial charge in [-0.05, 0) is 49.3 Å². The number of carbonyl (C=O) groups excluding carboxylic acids is 1. The summed E-state index contributed by atoms with van der Waals surface area (Å²) in [5, 5.41) is 7.17. The Kier molecular flexibility index (Phi) is 5.65. The maximum atomic E-state index is 11.9. The molecule has 1 aliphatic rings. The summed E-state index contributed by atoms with van der Waals surface area (Å²) in [4.78, 5) is 11.9. The number of rotatable bonds is 6. The maximum Gasteiger partial charge on any atom is 0.236 e. The molecule has 1 saturated carbocycles. The second kappa shape index (κ2) is 7.28. The van der Waals surface area contributed by atoms with Crippen LogP contribution in [0.1, 0.15) is 45.1 Å². The number of hydrogen-bond donors (Lipinski definition) is 2. The van der Waals surface area contributed by atoms with Crippen molar-refractivity contribution >= 4 is 17.5 Å². The van der Waals surface area contributed by atoms with E-state index in [0.29, 0.717) is 17.9 Å². The Morgan fingerprint density at radius 2 is 2.05 bits per heavy atom. The molecule has 0 bridgehead atoms. The van der Waals surface area contributed by atoms with Gasteiger partial charge in [0.05, 0.1) is 6.04 Å². The Morgan fingerprint density at radius 3 is 2.67 bits per heavy atom. The molecular formula is C17H25ClN2O. The van der Waals surface area contributed by atoms with Gasteiger partial charge in [-0.15, -0.1) is 0 Å². The first kappa shape index (κ1) is 16.3. The quantitative estimate of drug-likeness (QED) is 0.846. The zero-order valence-electron chi connectivity index (χ0n) is 13.0. The summed E-state index contributed by atoms with van der Waals surface area (Å²) in [6.07, 6.45) is 2.14. The first-order valence-electron chi connectivity index (χ1n) is 7.75. The van der Waals surface area contributed by atoms with Crippen LogP contribution in [0, 0.1) is 5.92 Å². The normalized spacial score (nSPS) is 22.7. The molecule has 2 N–H and O–H groups in total. The zero-order chi connectivity index (χ0) is 15.4. The average molecular weight is 309 g/mol. The standard InChI is InChI=1S/C17H25ClN2O/c1-11(2)10-19-17(21)12(3)20-16-8-14(9-16)13-5-4-6-15(18)7-13/h4-7,11-12,14,16,20H,8-10H2,1-3H3,(H,19,21). The molecule has 4 heteroatoms. The first-order chi connectivity index (χ1) is 9.95. The first-order valence-corrected chi connectivity index (χ1v) is 8.12. The summed E-state index contributed by atoms with van der Waals surface area (Å²) in [5.74, 6) is 1.14. The van der Waals surface area contributed by atoms with Crippen LogP contribution in [0.25, 0.3) is 0 Å². The second-order valence-electron chi connectivity index (χ2n) is 6.45. The summed E-state index contributed by atoms with van der Waals surface area (Å²) < 4.78 is 0. The molecule has 1 unspecified atom stereocenters. The van der Waals surface area contributed by atoms with Crippen LogP contribution >= 0.6 is 11.6 Å². The highest BCUT2D eigenvalue weighted by atomic mass is 35.5. The van der Waals surface area contributed by atoms with Gasteiger partial charge in [-0.25, -0.2) is 0 Å². The van der Waals surface area contributed by atoms with E-state index in [0.717, 1.165) is 24.4 Å². The van der Waals surface area contributed by atoms with E-state index in [1.165, 1.54) is 5.56 Å². The second-order valence-corrected chi connectivity index (χ2v) is 6.88. The molecule has 1 fully saturated rings. The highest BCUT2D eigenvalue weighted by molar-refractivity contribution is 6.30. The predicted molar refractivity (Wildman–Crippen MR) is 87.7 cm³/mol. The summed E-state index contributed by atoms with van der Waals surface area (Å²) in [6.45, 7) is 6.86. The van der Waals surface area contributed by atoms with E-state index < -0.39 is 0 Å². The van der Waals surface area contributed by atoms with Crippen molar-refractivity contribution in [2.24, 2.45) is 5.92 Å². The lowest BCUT2D eigenvalue weighted by atomic mass is 9.75. The van der Waals surface area contributed by atoms with Crippen molar-refractivity contribution in [1.29, 1.82) is 0 Å². The smallest absolute Gasteiger partial charge is 0.236 e. The Morgan fingerprint density at radius 1 is 1.33 bits per heavy atom. The van der Waals surface area contributed by atoms with Crippen molar-refractivity contribution in [2.75, 3.05) is 6.54 Å². The summed E-state index contributed by atoms with van der Waals surface area (Å²) in [5.41, 5.74) is 1.30. The van der Waals surface area contributed by atoms with Crippen molar-refractivity contribution in [3.63, 3.8) is 0 Å². The minimum absolute atomic E-state index is 0.0925. The van der Waals surface area contributed by atoms with Gasteiger partial charge in [-0.3, -0.25) is 4.79 Å². The largest absolute Gasteiger partial charge is 0.354 e. The SMILES string of the molecule is CC(C)CNC(=O)C(C)NC1CC(c2cccc(Cl)c2)C1. The minimum atomic E-state index is -0.130. The molecule has 0 spiro atoms. The molecule has 0 radical (unpaired) electrons. The molecule has 0 aliphatic heterocycles. The highest BCUT2D eigenvalue weighted by Gasteiger charge is 2.32. The molecule has 3 nitrogen and oxygen atoms in total. The molecule has 21 heavy (non-hydrogen) atoms. The molecule has 0 saturated heterocycles. The molecule has 2 rings (SSSR count). The number of hydrogen-bond acceptors (Lipinski definition) is 2. The van der Waals surface area contributed by atoms with Crippen LogP contribution in [0.2, 0.25) is 5.02 Å². The molecule has 1 aliphatic carbocycles. The molecule has 116 valence electrons. The Labute approximate surface area is 132 Å². The number of halogens is 1. The number of nitrogens with one attached hydrogen (secondary N) is 2. The fraction of sp³-hybridized carbons (Fsp3) is 0.588. The van der Waals surface area contributed by atoms with Gasteiger partial charge < -0.3 is 10.6 Å². The van der Waals surface area contributed by atoms with E-state index in [2.05, 4.69) is 30.5 Å². The summed E-state index contributed by atoms with van der Waals surface area (Å²) in [6, 6.07) is 8.37. The van der Waals surface area contributed by atoms with E-state index in [-0.39, 0.29) is 11.9 Å². The van der Waals surface area contributed by atoms with Crippen LogP contribution in [0.15, 0.2) is 24.3 Å². The third kappa shape index (κ3) is 4.72. The number of benzene rings is 1. The van der Waals surface area contributed by atoms with Crippen molar-refractivity contribution in [1.82, 2.24) is 10.6 Å². The fourth-order valence-corrected chi connectivity index (χ4v) is 2.87. The fourth-order valence-electron chi connectivity index (χ4n) is 2.67. The van der Waals surface area contributed by atoms with E-state index in [1.54, 1.807) is 0 Å². The summed E-state index contributed by atoms with van der Waals surface area (Å²) in [7, 11) is 0. The molecule has 1 amide bonds. The van der Waals surface area contributed by atoms with Crippen molar-refractivity contribution in [3.05, 3.63) is 34.9 Å². The van der Waals surface area contributed by atoms with Gasteiger partial charge >= 0.3 is 0 Å². The topological polar surface area (TPSA) is 41.1 Å². The van der Waals surface area contributed by atoms with Crippen LogP contribution in [0.3, 0.4) is 0 Å². The molecule has 1 atom stereocenters. The maximum absolute atomic E-state index is 11.9. The van der Waals surface area contributed by atoms with E-state index >= 15 is 0 Å². The average Bonchev–Trinajstić information content (AvgIpc) is 2.39. The minimum Gasteiger partial charge on any atom is -0.354 e. The van der Waals surface area contributed by atoms with Crippen LogP contribution < -0.4 is 10.6 Å². The van der Waals surface area contributed by atoms with Gasteiger partial charge in [0.1, 0.15) is 0 Å². The van der Waals surface area contributed by atoms with Crippen LogP contribution in [-0.4, -0.2) is 24.5 Å². The van der Waals surface area contributed by atoms with Gasteiger partial charge in [0.15, 0.2) is 0 Å². The molecule has 0 heterocycles.